The third-order valence-electron chi connectivity index (χ3n) is 1.33. The highest BCUT2D eigenvalue weighted by atomic mass is 16.1. The van der Waals surface area contributed by atoms with Crippen molar-refractivity contribution in [1.82, 2.24) is 20.4 Å². The van der Waals surface area contributed by atoms with Gasteiger partial charge in [0.15, 0.2) is 0 Å². The maximum atomic E-state index is 10.4. The zero-order chi connectivity index (χ0) is 11.1. The Labute approximate surface area is 86.1 Å². The highest BCUT2D eigenvalue weighted by Gasteiger charge is 1.92. The fourth-order valence-electron chi connectivity index (χ4n) is 0.782. The summed E-state index contributed by atoms with van der Waals surface area (Å²) in [5.41, 5.74) is 5.16. The Kier molecular flexibility index (Phi) is 3.90. The number of rotatable bonds is 1. The van der Waals surface area contributed by atoms with Crippen LogP contribution in [0.2, 0.25) is 0 Å². The van der Waals surface area contributed by atoms with E-state index in [0.717, 1.165) is 0 Å². The van der Waals surface area contributed by atoms with Crippen molar-refractivity contribution in [3.8, 4) is 0 Å². The summed E-state index contributed by atoms with van der Waals surface area (Å²) < 4.78 is 0. The number of aromatic amines is 2. The Hall–Kier alpha value is -2.31. The van der Waals surface area contributed by atoms with Crippen molar-refractivity contribution >= 4 is 17.5 Å². The fraction of sp³-hybridized carbons (Fsp3) is 0.125. The Morgan fingerprint density at radius 1 is 1.33 bits per heavy atom. The van der Waals surface area contributed by atoms with Gasteiger partial charge in [-0.3, -0.25) is 15.0 Å². The summed E-state index contributed by atoms with van der Waals surface area (Å²) in [7, 11) is 0. The number of anilines is 2. The number of hydrogen-bond acceptors (Lipinski definition) is 4. The van der Waals surface area contributed by atoms with E-state index in [1.165, 1.54) is 6.92 Å². The van der Waals surface area contributed by atoms with Gasteiger partial charge in [0, 0.05) is 13.0 Å². The molecule has 0 saturated heterocycles. The summed E-state index contributed by atoms with van der Waals surface area (Å²) in [5, 5.41) is 14.8. The van der Waals surface area contributed by atoms with Gasteiger partial charge in [-0.05, 0) is 6.07 Å². The van der Waals surface area contributed by atoms with E-state index in [1.54, 1.807) is 24.5 Å². The van der Waals surface area contributed by atoms with Gasteiger partial charge in [-0.2, -0.15) is 10.2 Å². The molecule has 2 heterocycles. The number of nitrogen functional groups attached to an aromatic ring is 1. The van der Waals surface area contributed by atoms with Crippen LogP contribution in [0.4, 0.5) is 11.6 Å². The quantitative estimate of drug-likeness (QED) is 0.542. The molecule has 5 N–H and O–H groups in total. The molecule has 2 rings (SSSR count). The molecule has 0 aliphatic heterocycles. The second-order valence-electron chi connectivity index (χ2n) is 2.66. The number of amides is 1. The number of H-pyrrole nitrogens is 2. The number of nitrogens with one attached hydrogen (secondary N) is 3. The Balaban J connectivity index is 0.000000162. The van der Waals surface area contributed by atoms with Gasteiger partial charge in [-0.15, -0.1) is 0 Å². The fourth-order valence-corrected chi connectivity index (χ4v) is 0.782. The molecule has 0 atom stereocenters. The molecule has 15 heavy (non-hydrogen) atoms. The van der Waals surface area contributed by atoms with Crippen LogP contribution in [0.25, 0.3) is 0 Å². The average Bonchev–Trinajstić information content (AvgIpc) is 2.78. The first-order valence-corrected chi connectivity index (χ1v) is 4.20. The van der Waals surface area contributed by atoms with Crippen LogP contribution in [0.1, 0.15) is 6.92 Å². The predicted molar refractivity (Wildman–Crippen MR) is 55.9 cm³/mol. The molecule has 7 nitrogen and oxygen atoms in total. The highest BCUT2D eigenvalue weighted by molar-refractivity contribution is 5.87. The lowest BCUT2D eigenvalue weighted by molar-refractivity contribution is -0.114. The summed E-state index contributed by atoms with van der Waals surface area (Å²) in [4.78, 5) is 10.4. The second kappa shape index (κ2) is 5.43. The minimum atomic E-state index is -0.0979. The van der Waals surface area contributed by atoms with E-state index in [9.17, 15) is 4.79 Å². The number of aromatic nitrogens is 4. The monoisotopic (exact) mass is 208 g/mol. The van der Waals surface area contributed by atoms with E-state index in [-0.39, 0.29) is 5.91 Å². The molecule has 0 aliphatic carbocycles. The topological polar surface area (TPSA) is 112 Å². The summed E-state index contributed by atoms with van der Waals surface area (Å²) in [6, 6.07) is 3.38. The molecular formula is C8H12N6O. The maximum Gasteiger partial charge on any atom is 0.222 e. The van der Waals surface area contributed by atoms with Crippen LogP contribution >= 0.6 is 0 Å². The van der Waals surface area contributed by atoms with Gasteiger partial charge in [0.1, 0.15) is 11.6 Å². The number of carbonyl (C=O) groups is 1. The van der Waals surface area contributed by atoms with Crippen molar-refractivity contribution in [2.75, 3.05) is 11.1 Å². The lowest BCUT2D eigenvalue weighted by atomic mass is 10.6. The van der Waals surface area contributed by atoms with Gasteiger partial charge in [-0.1, -0.05) is 0 Å². The first-order chi connectivity index (χ1) is 7.18. The van der Waals surface area contributed by atoms with E-state index in [0.29, 0.717) is 11.6 Å². The van der Waals surface area contributed by atoms with Crippen LogP contribution in [0.5, 0.6) is 0 Å². The Morgan fingerprint density at radius 3 is 2.33 bits per heavy atom. The van der Waals surface area contributed by atoms with Gasteiger partial charge in [0.05, 0.1) is 12.4 Å². The molecule has 7 heteroatoms. The summed E-state index contributed by atoms with van der Waals surface area (Å²) in [5.74, 6) is 1.14. The van der Waals surface area contributed by atoms with Crippen LogP contribution in [0.15, 0.2) is 24.5 Å². The highest BCUT2D eigenvalue weighted by Crippen LogP contribution is 1.96. The molecule has 0 radical (unpaired) electrons. The zero-order valence-corrected chi connectivity index (χ0v) is 8.19. The van der Waals surface area contributed by atoms with E-state index in [4.69, 9.17) is 5.73 Å². The van der Waals surface area contributed by atoms with Gasteiger partial charge in [-0.25, -0.2) is 0 Å². The molecule has 0 unspecified atom stereocenters. The molecule has 0 bridgehead atoms. The number of hydrogen-bond donors (Lipinski definition) is 4. The van der Waals surface area contributed by atoms with Crippen molar-refractivity contribution in [2.45, 2.75) is 6.92 Å². The molecule has 2 aromatic heterocycles. The Morgan fingerprint density at radius 2 is 2.00 bits per heavy atom. The smallest absolute Gasteiger partial charge is 0.222 e. The lowest BCUT2D eigenvalue weighted by Gasteiger charge is -1.92. The molecule has 0 aliphatic rings. The summed E-state index contributed by atoms with van der Waals surface area (Å²) >= 11 is 0. The Bertz CT molecular complexity index is 379. The molecule has 2 aromatic rings. The van der Waals surface area contributed by atoms with Crippen LogP contribution in [0, 0.1) is 0 Å². The van der Waals surface area contributed by atoms with Crippen LogP contribution in [0.3, 0.4) is 0 Å². The van der Waals surface area contributed by atoms with Gasteiger partial charge < -0.3 is 11.1 Å². The van der Waals surface area contributed by atoms with E-state index < -0.39 is 0 Å². The van der Waals surface area contributed by atoms with Crippen LogP contribution in [-0.2, 0) is 4.79 Å². The normalized spacial score (nSPS) is 8.87. The third kappa shape index (κ3) is 4.46. The number of nitrogens with zero attached hydrogens (tertiary/aromatic N) is 2. The minimum absolute atomic E-state index is 0.0979. The molecule has 0 fully saturated rings. The molecule has 80 valence electrons. The molecule has 0 saturated carbocycles. The zero-order valence-electron chi connectivity index (χ0n) is 8.19. The van der Waals surface area contributed by atoms with Crippen molar-refractivity contribution in [3.05, 3.63) is 24.5 Å². The first-order valence-electron chi connectivity index (χ1n) is 4.20. The van der Waals surface area contributed by atoms with Gasteiger partial charge in [0.25, 0.3) is 0 Å². The van der Waals surface area contributed by atoms with E-state index >= 15 is 0 Å². The second-order valence-corrected chi connectivity index (χ2v) is 2.66. The van der Waals surface area contributed by atoms with Crippen LogP contribution in [-0.4, -0.2) is 26.3 Å². The molecule has 0 spiro atoms. The van der Waals surface area contributed by atoms with E-state index in [2.05, 4.69) is 25.7 Å². The SMILES string of the molecule is CC(=O)Nc1ccn[nH]1.Nc1ccn[nH]1. The van der Waals surface area contributed by atoms with Crippen molar-refractivity contribution < 1.29 is 4.79 Å². The minimum Gasteiger partial charge on any atom is -0.384 e. The average molecular weight is 208 g/mol. The first kappa shape index (κ1) is 10.8. The van der Waals surface area contributed by atoms with E-state index in [1.807, 2.05) is 0 Å². The molecular weight excluding hydrogens is 196 g/mol. The van der Waals surface area contributed by atoms with Crippen molar-refractivity contribution in [1.29, 1.82) is 0 Å². The predicted octanol–water partition coefficient (Wildman–Crippen LogP) is 0.360. The van der Waals surface area contributed by atoms with Gasteiger partial charge in [0.2, 0.25) is 5.91 Å². The third-order valence-corrected chi connectivity index (χ3v) is 1.33. The number of nitrogens with two attached hydrogens (primary N) is 1. The summed E-state index contributed by atoms with van der Waals surface area (Å²) in [6.45, 7) is 1.45. The van der Waals surface area contributed by atoms with Crippen molar-refractivity contribution in [2.24, 2.45) is 0 Å². The molecule has 1 amide bonds. The van der Waals surface area contributed by atoms with Gasteiger partial charge >= 0.3 is 0 Å². The largest absolute Gasteiger partial charge is 0.384 e. The standard InChI is InChI=1S/C5H7N3O.C3H5N3/c1-4(9)7-5-2-3-6-8-5;4-3-1-2-5-6-3/h2-3H,1H3,(H2,6,7,8,9);1-2H,(H3,4,5,6). The van der Waals surface area contributed by atoms with Crippen LogP contribution < -0.4 is 11.1 Å². The van der Waals surface area contributed by atoms with Crippen molar-refractivity contribution in [3.63, 3.8) is 0 Å². The maximum absolute atomic E-state index is 10.4. The molecule has 0 aromatic carbocycles. The summed E-state index contributed by atoms with van der Waals surface area (Å²) in [6.07, 6.45) is 3.18. The lowest BCUT2D eigenvalue weighted by Crippen LogP contribution is -2.05. The number of carbonyl (C=O) groups excluding carboxylic acids is 1.